The number of carbonyl (C=O) groups is 1. The van der Waals surface area contributed by atoms with Gasteiger partial charge in [-0.25, -0.2) is 9.18 Å². The molecule has 4 nitrogen and oxygen atoms in total. The number of carboxylic acids is 1. The summed E-state index contributed by atoms with van der Waals surface area (Å²) in [5.74, 6) is -1.31. The van der Waals surface area contributed by atoms with Crippen molar-refractivity contribution in [2.75, 3.05) is 5.73 Å². The van der Waals surface area contributed by atoms with E-state index in [1.807, 2.05) is 32.0 Å². The summed E-state index contributed by atoms with van der Waals surface area (Å²) in [6, 6.07) is 9.64. The maximum Gasteiger partial charge on any atom is 0.341 e. The zero-order valence-corrected chi connectivity index (χ0v) is 11.8. The zero-order chi connectivity index (χ0) is 15.6. The maximum absolute atomic E-state index is 13.4. The molecule has 0 aliphatic heterocycles. The Kier molecular flexibility index (Phi) is 4.12. The van der Waals surface area contributed by atoms with Crippen LogP contribution in [0.15, 0.2) is 36.4 Å². The smallest absolute Gasteiger partial charge is 0.341 e. The molecule has 0 aliphatic rings. The first-order chi connectivity index (χ1) is 9.90. The first-order valence-corrected chi connectivity index (χ1v) is 6.49. The van der Waals surface area contributed by atoms with Gasteiger partial charge in [-0.15, -0.1) is 0 Å². The van der Waals surface area contributed by atoms with Gasteiger partial charge in [-0.1, -0.05) is 26.0 Å². The van der Waals surface area contributed by atoms with Crippen LogP contribution in [0.4, 0.5) is 10.1 Å². The molecular formula is C16H16FNO3. The third-order valence-electron chi connectivity index (χ3n) is 3.12. The molecule has 0 aromatic heterocycles. The lowest BCUT2D eigenvalue weighted by Crippen LogP contribution is -2.07. The Balaban J connectivity index is 2.42. The molecule has 0 fully saturated rings. The van der Waals surface area contributed by atoms with Gasteiger partial charge in [0.25, 0.3) is 0 Å². The highest BCUT2D eigenvalue weighted by atomic mass is 19.1. The van der Waals surface area contributed by atoms with Gasteiger partial charge in [-0.05, 0) is 35.7 Å². The Morgan fingerprint density at radius 3 is 2.62 bits per heavy atom. The summed E-state index contributed by atoms with van der Waals surface area (Å²) in [4.78, 5) is 11.2. The Labute approximate surface area is 122 Å². The molecule has 0 spiro atoms. The minimum absolute atomic E-state index is 0.0160. The van der Waals surface area contributed by atoms with Gasteiger partial charge in [-0.2, -0.15) is 0 Å². The SMILES string of the molecule is CC(C)c1cccc(Oc2ccc(F)c(N)c2C(=O)O)c1. The van der Waals surface area contributed by atoms with Crippen molar-refractivity contribution in [1.82, 2.24) is 0 Å². The summed E-state index contributed by atoms with van der Waals surface area (Å²) >= 11 is 0. The average molecular weight is 289 g/mol. The number of nitrogen functional groups attached to an aromatic ring is 1. The van der Waals surface area contributed by atoms with Crippen molar-refractivity contribution < 1.29 is 19.0 Å². The van der Waals surface area contributed by atoms with Crippen LogP contribution in [0.2, 0.25) is 0 Å². The number of aromatic carboxylic acids is 1. The molecule has 0 aliphatic carbocycles. The van der Waals surface area contributed by atoms with Gasteiger partial charge in [0.2, 0.25) is 0 Å². The van der Waals surface area contributed by atoms with E-state index in [1.165, 1.54) is 6.07 Å². The quantitative estimate of drug-likeness (QED) is 0.834. The minimum atomic E-state index is -1.33. The second kappa shape index (κ2) is 5.83. The van der Waals surface area contributed by atoms with Gasteiger partial charge in [0.05, 0.1) is 5.69 Å². The van der Waals surface area contributed by atoms with E-state index in [-0.39, 0.29) is 11.3 Å². The predicted molar refractivity (Wildman–Crippen MR) is 78.4 cm³/mol. The molecule has 0 heterocycles. The molecule has 0 atom stereocenters. The van der Waals surface area contributed by atoms with Gasteiger partial charge in [0, 0.05) is 0 Å². The van der Waals surface area contributed by atoms with E-state index < -0.39 is 17.5 Å². The van der Waals surface area contributed by atoms with Crippen molar-refractivity contribution >= 4 is 11.7 Å². The lowest BCUT2D eigenvalue weighted by molar-refractivity contribution is 0.0695. The van der Waals surface area contributed by atoms with Crippen LogP contribution < -0.4 is 10.5 Å². The Morgan fingerprint density at radius 1 is 1.29 bits per heavy atom. The second-order valence-corrected chi connectivity index (χ2v) is 4.97. The van der Waals surface area contributed by atoms with Crippen molar-refractivity contribution in [3.8, 4) is 11.5 Å². The fourth-order valence-corrected chi connectivity index (χ4v) is 1.94. The lowest BCUT2D eigenvalue weighted by Gasteiger charge is -2.13. The number of anilines is 1. The molecule has 0 amide bonds. The molecule has 21 heavy (non-hydrogen) atoms. The molecular weight excluding hydrogens is 273 g/mol. The Hall–Kier alpha value is -2.56. The summed E-state index contributed by atoms with van der Waals surface area (Å²) in [5.41, 5.74) is 5.73. The van der Waals surface area contributed by atoms with Gasteiger partial charge < -0.3 is 15.6 Å². The van der Waals surface area contributed by atoms with E-state index in [0.29, 0.717) is 11.7 Å². The van der Waals surface area contributed by atoms with Crippen LogP contribution in [-0.4, -0.2) is 11.1 Å². The van der Waals surface area contributed by atoms with Crippen molar-refractivity contribution in [3.63, 3.8) is 0 Å². The second-order valence-electron chi connectivity index (χ2n) is 4.97. The minimum Gasteiger partial charge on any atom is -0.477 e. The summed E-state index contributed by atoms with van der Waals surface area (Å²) in [6.07, 6.45) is 0. The fraction of sp³-hybridized carbons (Fsp3) is 0.188. The first-order valence-electron chi connectivity index (χ1n) is 6.49. The van der Waals surface area contributed by atoms with Gasteiger partial charge in [0.1, 0.15) is 22.9 Å². The molecule has 3 N–H and O–H groups in total. The standard InChI is InChI=1S/C16H16FNO3/c1-9(2)10-4-3-5-11(8-10)21-13-7-6-12(17)15(18)14(13)16(19)20/h3-9H,18H2,1-2H3,(H,19,20). The molecule has 0 saturated carbocycles. The number of nitrogens with two attached hydrogens (primary N) is 1. The molecule has 5 heteroatoms. The highest BCUT2D eigenvalue weighted by Crippen LogP contribution is 2.32. The van der Waals surface area contributed by atoms with Crippen LogP contribution in [0.1, 0.15) is 35.7 Å². The van der Waals surface area contributed by atoms with Crippen molar-refractivity contribution in [2.45, 2.75) is 19.8 Å². The summed E-state index contributed by atoms with van der Waals surface area (Å²) in [5, 5.41) is 9.17. The zero-order valence-electron chi connectivity index (χ0n) is 11.8. The van der Waals surface area contributed by atoms with Crippen molar-refractivity contribution in [1.29, 1.82) is 0 Å². The largest absolute Gasteiger partial charge is 0.477 e. The Morgan fingerprint density at radius 2 is 2.00 bits per heavy atom. The van der Waals surface area contributed by atoms with E-state index >= 15 is 0 Å². The average Bonchev–Trinajstić information content (AvgIpc) is 2.43. The number of halogens is 1. The van der Waals surface area contributed by atoms with Gasteiger partial charge in [0.15, 0.2) is 0 Å². The van der Waals surface area contributed by atoms with E-state index in [0.717, 1.165) is 11.6 Å². The van der Waals surface area contributed by atoms with Crippen LogP contribution in [0.3, 0.4) is 0 Å². The molecule has 2 rings (SSSR count). The van der Waals surface area contributed by atoms with Crippen LogP contribution in [0, 0.1) is 5.82 Å². The number of benzene rings is 2. The normalized spacial score (nSPS) is 10.7. The lowest BCUT2D eigenvalue weighted by atomic mass is 10.0. The molecule has 0 radical (unpaired) electrons. The van der Waals surface area contributed by atoms with Gasteiger partial charge >= 0.3 is 5.97 Å². The predicted octanol–water partition coefficient (Wildman–Crippen LogP) is 4.02. The monoisotopic (exact) mass is 289 g/mol. The third-order valence-corrected chi connectivity index (χ3v) is 3.12. The van der Waals surface area contributed by atoms with E-state index in [2.05, 4.69) is 0 Å². The summed E-state index contributed by atoms with van der Waals surface area (Å²) in [7, 11) is 0. The number of hydrogen-bond acceptors (Lipinski definition) is 3. The summed E-state index contributed by atoms with van der Waals surface area (Å²) < 4.78 is 19.0. The van der Waals surface area contributed by atoms with E-state index in [4.69, 9.17) is 15.6 Å². The molecule has 0 saturated heterocycles. The molecule has 0 unspecified atom stereocenters. The van der Waals surface area contributed by atoms with E-state index in [1.54, 1.807) is 6.07 Å². The Bertz CT molecular complexity index is 683. The van der Waals surface area contributed by atoms with E-state index in [9.17, 15) is 9.18 Å². The molecule has 110 valence electrons. The van der Waals surface area contributed by atoms with Crippen molar-refractivity contribution in [2.24, 2.45) is 0 Å². The van der Waals surface area contributed by atoms with Crippen LogP contribution in [0.25, 0.3) is 0 Å². The molecule has 2 aromatic carbocycles. The van der Waals surface area contributed by atoms with Crippen LogP contribution in [-0.2, 0) is 0 Å². The van der Waals surface area contributed by atoms with Crippen LogP contribution in [0.5, 0.6) is 11.5 Å². The number of carboxylic acid groups (broad SMARTS) is 1. The highest BCUT2D eigenvalue weighted by molar-refractivity contribution is 5.97. The fourth-order valence-electron chi connectivity index (χ4n) is 1.94. The third kappa shape index (κ3) is 3.13. The summed E-state index contributed by atoms with van der Waals surface area (Å²) in [6.45, 7) is 4.08. The topological polar surface area (TPSA) is 72.5 Å². The highest BCUT2D eigenvalue weighted by Gasteiger charge is 2.19. The van der Waals surface area contributed by atoms with Gasteiger partial charge in [-0.3, -0.25) is 0 Å². The van der Waals surface area contributed by atoms with Crippen molar-refractivity contribution in [3.05, 3.63) is 53.3 Å². The molecule has 2 aromatic rings. The first kappa shape index (κ1) is 14.8. The van der Waals surface area contributed by atoms with Crippen LogP contribution >= 0.6 is 0 Å². The molecule has 0 bridgehead atoms. The number of hydrogen-bond donors (Lipinski definition) is 2. The number of rotatable bonds is 4. The number of ether oxygens (including phenoxy) is 1. The maximum atomic E-state index is 13.4.